The Morgan fingerprint density at radius 2 is 1.69 bits per heavy atom. The lowest BCUT2D eigenvalue weighted by Gasteiger charge is -2.40. The molecule has 3 aliphatic rings. The van der Waals surface area contributed by atoms with Crippen LogP contribution in [0.4, 0.5) is 14.5 Å². The van der Waals surface area contributed by atoms with Crippen molar-refractivity contribution in [3.05, 3.63) is 70.7 Å². The Morgan fingerprint density at radius 3 is 2.23 bits per heavy atom. The number of benzene rings is 2. The van der Waals surface area contributed by atoms with Crippen LogP contribution in [-0.4, -0.2) is 38.4 Å². The standard InChI is InChI=1S/C25H24F2N2O5S/c1-25(2,3)18-12-16-21(27)17(24(18)34-4)13-19(26)14-6-8-15(9-7-14)29(35(5,32)33)28-11-10-20(30)23(31)22(16)28/h6-13,22H,1-5H3/b19-13-. The third-order valence-electron chi connectivity index (χ3n) is 5.88. The normalized spacial score (nSPS) is 19.6. The molecule has 2 aromatic rings. The molecule has 1 atom stereocenters. The van der Waals surface area contributed by atoms with E-state index in [4.69, 9.17) is 4.74 Å². The number of hydrazine groups is 1. The second-order valence-corrected chi connectivity index (χ2v) is 11.2. The number of halogens is 2. The van der Waals surface area contributed by atoms with E-state index in [1.54, 1.807) is 0 Å². The number of Topliss-reactive ketones (excluding diaryl/α,β-unsaturated/α-hetero) is 1. The number of hydrogen-bond donors (Lipinski definition) is 0. The van der Waals surface area contributed by atoms with Gasteiger partial charge in [0.2, 0.25) is 21.6 Å². The van der Waals surface area contributed by atoms with Crippen molar-refractivity contribution in [1.82, 2.24) is 5.01 Å². The average molecular weight is 503 g/mol. The van der Waals surface area contributed by atoms with Gasteiger partial charge in [0.15, 0.2) is 0 Å². The van der Waals surface area contributed by atoms with Crippen LogP contribution >= 0.6 is 0 Å². The molecule has 5 rings (SSSR count). The van der Waals surface area contributed by atoms with Crippen LogP contribution in [0.1, 0.15) is 49.1 Å². The summed E-state index contributed by atoms with van der Waals surface area (Å²) >= 11 is 0. The number of sulfonamides is 1. The van der Waals surface area contributed by atoms with Crippen molar-refractivity contribution in [3.8, 4) is 5.75 Å². The molecule has 0 amide bonds. The van der Waals surface area contributed by atoms with Gasteiger partial charge < -0.3 is 4.74 Å². The van der Waals surface area contributed by atoms with Crippen LogP contribution in [-0.2, 0) is 25.0 Å². The molecule has 0 saturated carbocycles. The van der Waals surface area contributed by atoms with Crippen molar-refractivity contribution in [2.24, 2.45) is 0 Å². The van der Waals surface area contributed by atoms with Crippen LogP contribution < -0.4 is 9.15 Å². The highest BCUT2D eigenvalue weighted by atomic mass is 32.2. The van der Waals surface area contributed by atoms with E-state index in [9.17, 15) is 18.0 Å². The Hall–Kier alpha value is -3.53. The summed E-state index contributed by atoms with van der Waals surface area (Å²) in [5.41, 5.74) is -0.569. The number of methoxy groups -OCH3 is 1. The molecule has 3 heterocycles. The maximum absolute atomic E-state index is 16.1. The highest BCUT2D eigenvalue weighted by Crippen LogP contribution is 2.43. The lowest BCUT2D eigenvalue weighted by Crippen LogP contribution is -2.50. The Balaban J connectivity index is 2.21. The van der Waals surface area contributed by atoms with E-state index >= 15 is 8.78 Å². The lowest BCUT2D eigenvalue weighted by atomic mass is 9.81. The van der Waals surface area contributed by atoms with Crippen molar-refractivity contribution >= 4 is 39.2 Å². The van der Waals surface area contributed by atoms with Gasteiger partial charge in [-0.2, -0.15) is 4.41 Å². The minimum absolute atomic E-state index is 0.0687. The molecule has 0 N–H and O–H groups in total. The number of nitrogens with zero attached hydrogens (tertiary/aromatic N) is 2. The van der Waals surface area contributed by atoms with Gasteiger partial charge in [-0.05, 0) is 41.8 Å². The monoisotopic (exact) mass is 502 g/mol. The summed E-state index contributed by atoms with van der Waals surface area (Å²) < 4.78 is 63.5. The molecule has 2 aromatic carbocycles. The third-order valence-corrected chi connectivity index (χ3v) is 6.91. The van der Waals surface area contributed by atoms with Gasteiger partial charge in [0.05, 0.1) is 24.6 Å². The molecule has 1 unspecified atom stereocenters. The summed E-state index contributed by atoms with van der Waals surface area (Å²) in [6.45, 7) is 5.48. The Morgan fingerprint density at radius 1 is 1.06 bits per heavy atom. The quantitative estimate of drug-likeness (QED) is 0.570. The van der Waals surface area contributed by atoms with Gasteiger partial charge >= 0.3 is 0 Å². The predicted molar refractivity (Wildman–Crippen MR) is 128 cm³/mol. The number of allylic oxidation sites excluding steroid dienone is 1. The van der Waals surface area contributed by atoms with Crippen molar-refractivity contribution in [2.45, 2.75) is 32.2 Å². The molecule has 0 fully saturated rings. The lowest BCUT2D eigenvalue weighted by molar-refractivity contribution is -0.137. The first-order valence-electron chi connectivity index (χ1n) is 10.7. The fourth-order valence-electron chi connectivity index (χ4n) is 4.26. The van der Waals surface area contributed by atoms with E-state index in [1.165, 1.54) is 37.4 Å². The highest BCUT2D eigenvalue weighted by Gasteiger charge is 2.42. The number of carbonyl (C=O) groups is 2. The van der Waals surface area contributed by atoms with Gasteiger partial charge in [0.25, 0.3) is 0 Å². The van der Waals surface area contributed by atoms with Crippen LogP contribution in [0, 0.1) is 5.82 Å². The number of carbonyl (C=O) groups excluding carboxylic acids is 2. The first-order chi connectivity index (χ1) is 16.3. The SMILES string of the molecule is COc1c(C(C)(C)C)cc2c(F)c1/C=C(\F)c1ccc(cc1)N(S(C)(=O)=O)N1C=CC(=O)C(=O)C21. The molecule has 184 valence electrons. The second-order valence-electron chi connectivity index (χ2n) is 9.40. The van der Waals surface area contributed by atoms with Crippen molar-refractivity contribution in [1.29, 1.82) is 0 Å². The fraction of sp³-hybridized carbons (Fsp3) is 0.280. The number of rotatable bonds is 2. The van der Waals surface area contributed by atoms with E-state index in [0.29, 0.717) is 5.56 Å². The zero-order valence-corrected chi connectivity index (χ0v) is 20.6. The van der Waals surface area contributed by atoms with Crippen LogP contribution in [0.15, 0.2) is 42.6 Å². The van der Waals surface area contributed by atoms with Gasteiger partial charge in [-0.3, -0.25) is 14.6 Å². The third kappa shape index (κ3) is 4.12. The van der Waals surface area contributed by atoms with Crippen LogP contribution in [0.2, 0.25) is 0 Å². The molecule has 4 bridgehead atoms. The van der Waals surface area contributed by atoms with Crippen LogP contribution in [0.3, 0.4) is 0 Å². The molecule has 0 saturated heterocycles. The van der Waals surface area contributed by atoms with E-state index in [1.807, 2.05) is 20.8 Å². The van der Waals surface area contributed by atoms with E-state index in [2.05, 4.69) is 0 Å². The summed E-state index contributed by atoms with van der Waals surface area (Å²) in [5.74, 6) is -3.67. The molecule has 0 aliphatic carbocycles. The van der Waals surface area contributed by atoms with Gasteiger partial charge in [-0.1, -0.05) is 20.8 Å². The molecule has 0 spiro atoms. The molecule has 10 heteroatoms. The zero-order chi connectivity index (χ0) is 25.9. The maximum Gasteiger partial charge on any atom is 0.249 e. The first kappa shape index (κ1) is 24.6. The number of hydrogen-bond acceptors (Lipinski definition) is 6. The largest absolute Gasteiger partial charge is 0.496 e. The Labute approximate surface area is 202 Å². The average Bonchev–Trinajstić information content (AvgIpc) is 2.76. The van der Waals surface area contributed by atoms with Gasteiger partial charge in [0.1, 0.15) is 23.4 Å². The summed E-state index contributed by atoms with van der Waals surface area (Å²) in [4.78, 5) is 25.6. The summed E-state index contributed by atoms with van der Waals surface area (Å²) in [5, 5.41) is 1.01. The molecule has 35 heavy (non-hydrogen) atoms. The second kappa shape index (κ2) is 8.30. The maximum atomic E-state index is 16.1. The number of ether oxygens (including phenoxy) is 1. The van der Waals surface area contributed by atoms with Gasteiger partial charge in [-0.15, -0.1) is 0 Å². The van der Waals surface area contributed by atoms with Crippen molar-refractivity contribution in [2.75, 3.05) is 17.8 Å². The van der Waals surface area contributed by atoms with Crippen LogP contribution in [0.5, 0.6) is 5.75 Å². The van der Waals surface area contributed by atoms with E-state index in [0.717, 1.165) is 34.0 Å². The first-order valence-corrected chi connectivity index (χ1v) is 12.5. The number of ketones is 2. The minimum Gasteiger partial charge on any atom is -0.496 e. The predicted octanol–water partition coefficient (Wildman–Crippen LogP) is 4.30. The summed E-state index contributed by atoms with van der Waals surface area (Å²) in [7, 11) is -2.77. The Kier molecular flexibility index (Phi) is 5.83. The van der Waals surface area contributed by atoms with Crippen molar-refractivity contribution < 1.29 is 31.5 Å². The van der Waals surface area contributed by atoms with Gasteiger partial charge in [-0.25, -0.2) is 17.2 Å². The Bertz CT molecular complexity index is 1410. The molecule has 3 aliphatic heterocycles. The van der Waals surface area contributed by atoms with Gasteiger partial charge in [0, 0.05) is 29.0 Å². The molecular weight excluding hydrogens is 478 g/mol. The summed E-state index contributed by atoms with van der Waals surface area (Å²) in [6, 6.07) is 5.12. The minimum atomic E-state index is -4.09. The molecule has 7 nitrogen and oxygen atoms in total. The number of anilines is 1. The topological polar surface area (TPSA) is 84.0 Å². The molecule has 0 radical (unpaired) electrons. The fourth-order valence-corrected chi connectivity index (χ4v) is 5.26. The highest BCUT2D eigenvalue weighted by molar-refractivity contribution is 7.92. The zero-order valence-electron chi connectivity index (χ0n) is 19.8. The van der Waals surface area contributed by atoms with Crippen LogP contribution in [0.25, 0.3) is 11.9 Å². The summed E-state index contributed by atoms with van der Waals surface area (Å²) in [6.07, 6.45) is 3.96. The van der Waals surface area contributed by atoms with Crippen molar-refractivity contribution in [3.63, 3.8) is 0 Å². The molecule has 0 aromatic heterocycles. The van der Waals surface area contributed by atoms with E-state index < -0.39 is 44.7 Å². The van der Waals surface area contributed by atoms with E-state index in [-0.39, 0.29) is 28.1 Å². The molecular formula is C25H24F2N2O5S. The smallest absolute Gasteiger partial charge is 0.249 e. The number of fused-ring (bicyclic) bond motifs is 2.